The number of phosphoric ester groups is 2. The minimum absolute atomic E-state index is 0.107. The molecule has 0 amide bonds. The number of esters is 4. The molecule has 0 aromatic rings. The van der Waals surface area contributed by atoms with E-state index in [0.29, 0.717) is 25.7 Å². The van der Waals surface area contributed by atoms with Crippen LogP contribution in [0.4, 0.5) is 0 Å². The zero-order valence-electron chi connectivity index (χ0n) is 51.0. The predicted octanol–water partition coefficient (Wildman–Crippen LogP) is 16.8. The van der Waals surface area contributed by atoms with E-state index in [2.05, 4.69) is 27.7 Å². The SMILES string of the molecule is CCCCCCCCCCCCCCCCCC(=O)O[C@H](COC(=O)CCCCCCCC)COP(=O)(O)OC[C@@H](O)COP(=O)(O)OC[C@@H](COC(=O)CCCCCCCCCCC)OC(=O)CCCCCCCCCCCC. The van der Waals surface area contributed by atoms with Gasteiger partial charge >= 0.3 is 39.5 Å². The van der Waals surface area contributed by atoms with E-state index in [1.54, 1.807) is 0 Å². The van der Waals surface area contributed by atoms with Crippen LogP contribution in [0.1, 0.15) is 310 Å². The van der Waals surface area contributed by atoms with E-state index in [4.69, 9.17) is 37.0 Å². The molecule has 0 aliphatic rings. The molecule has 0 rings (SSSR count). The molecule has 80 heavy (non-hydrogen) atoms. The molecule has 474 valence electrons. The quantitative estimate of drug-likeness (QED) is 0.0222. The minimum Gasteiger partial charge on any atom is -0.462 e. The fourth-order valence-electron chi connectivity index (χ4n) is 9.10. The first-order valence-electron chi connectivity index (χ1n) is 32.3. The van der Waals surface area contributed by atoms with Crippen molar-refractivity contribution in [3.63, 3.8) is 0 Å². The lowest BCUT2D eigenvalue weighted by Crippen LogP contribution is -2.30. The van der Waals surface area contributed by atoms with Gasteiger partial charge in [0.25, 0.3) is 0 Å². The van der Waals surface area contributed by atoms with Gasteiger partial charge in [-0.25, -0.2) is 9.13 Å². The largest absolute Gasteiger partial charge is 0.472 e. The molecular formula is C61H118O17P2. The number of hydrogen-bond donors (Lipinski definition) is 3. The fraction of sp³-hybridized carbons (Fsp3) is 0.934. The molecule has 0 aromatic carbocycles. The maximum Gasteiger partial charge on any atom is 0.472 e. The maximum atomic E-state index is 12.9. The van der Waals surface area contributed by atoms with Gasteiger partial charge in [0.15, 0.2) is 12.2 Å². The van der Waals surface area contributed by atoms with E-state index >= 15 is 0 Å². The standard InChI is InChI=1S/C61H118O17P2/c1-5-9-13-17-21-24-26-27-28-29-30-33-36-40-44-48-61(66)77-56(51-71-58(63)45-41-37-20-16-12-8-4)53-75-79(67,68)73-49-55(62)50-74-80(69,70)76-54-57(52-72-59(64)46-42-38-34-31-23-19-15-11-7-3)78-60(65)47-43-39-35-32-25-22-18-14-10-6-2/h55-57,62H,5-54H2,1-4H3,(H,67,68)(H,69,70)/t55-,56-,57-/m1/s1. The molecule has 5 atom stereocenters. The molecule has 0 aliphatic carbocycles. The van der Waals surface area contributed by atoms with Crippen molar-refractivity contribution in [2.24, 2.45) is 0 Å². The molecule has 0 aromatic heterocycles. The van der Waals surface area contributed by atoms with Crippen molar-refractivity contribution in [3.8, 4) is 0 Å². The van der Waals surface area contributed by atoms with Gasteiger partial charge in [0.1, 0.15) is 19.3 Å². The monoisotopic (exact) mass is 1180 g/mol. The summed E-state index contributed by atoms with van der Waals surface area (Å²) in [6.45, 7) is 4.80. The maximum absolute atomic E-state index is 12.9. The van der Waals surface area contributed by atoms with E-state index in [-0.39, 0.29) is 25.7 Å². The third kappa shape index (κ3) is 55.3. The van der Waals surface area contributed by atoms with E-state index in [9.17, 15) is 43.2 Å². The summed E-state index contributed by atoms with van der Waals surface area (Å²) in [6.07, 6.45) is 40.5. The molecule has 0 fully saturated rings. The van der Waals surface area contributed by atoms with Crippen molar-refractivity contribution in [3.05, 3.63) is 0 Å². The molecule has 0 radical (unpaired) electrons. The normalized spacial score (nSPS) is 14.2. The summed E-state index contributed by atoms with van der Waals surface area (Å²) < 4.78 is 67.7. The lowest BCUT2D eigenvalue weighted by molar-refractivity contribution is -0.161. The third-order valence-corrected chi connectivity index (χ3v) is 16.0. The molecule has 0 spiro atoms. The van der Waals surface area contributed by atoms with Crippen molar-refractivity contribution in [2.75, 3.05) is 39.6 Å². The van der Waals surface area contributed by atoms with Gasteiger partial charge in [0, 0.05) is 25.7 Å². The summed E-state index contributed by atoms with van der Waals surface area (Å²) >= 11 is 0. The Morgan fingerprint density at radius 3 is 0.738 bits per heavy atom. The Labute approximate surface area is 486 Å². The highest BCUT2D eigenvalue weighted by atomic mass is 31.2. The predicted molar refractivity (Wildman–Crippen MR) is 317 cm³/mol. The number of ether oxygens (including phenoxy) is 4. The highest BCUT2D eigenvalue weighted by molar-refractivity contribution is 7.47. The number of rotatable bonds is 62. The van der Waals surface area contributed by atoms with Crippen molar-refractivity contribution in [1.82, 2.24) is 0 Å². The lowest BCUT2D eigenvalue weighted by Gasteiger charge is -2.21. The number of phosphoric acid groups is 2. The van der Waals surface area contributed by atoms with Gasteiger partial charge in [0.2, 0.25) is 0 Å². The van der Waals surface area contributed by atoms with Crippen LogP contribution in [-0.2, 0) is 65.4 Å². The van der Waals surface area contributed by atoms with Crippen LogP contribution in [0.3, 0.4) is 0 Å². The summed E-state index contributed by atoms with van der Waals surface area (Å²) in [5, 5.41) is 10.5. The Hall–Kier alpha value is -1.94. The van der Waals surface area contributed by atoms with Crippen LogP contribution in [0.2, 0.25) is 0 Å². The van der Waals surface area contributed by atoms with Gasteiger partial charge in [0.05, 0.1) is 26.4 Å². The van der Waals surface area contributed by atoms with Crippen molar-refractivity contribution in [2.45, 2.75) is 329 Å². The molecule has 2 unspecified atom stereocenters. The van der Waals surface area contributed by atoms with Gasteiger partial charge in [-0.15, -0.1) is 0 Å². The van der Waals surface area contributed by atoms with Crippen LogP contribution < -0.4 is 0 Å². The molecule has 19 heteroatoms. The number of hydrogen-bond acceptors (Lipinski definition) is 15. The second-order valence-electron chi connectivity index (χ2n) is 22.1. The topological polar surface area (TPSA) is 237 Å². The Kier molecular flexibility index (Phi) is 54.8. The lowest BCUT2D eigenvalue weighted by atomic mass is 10.0. The molecule has 0 bridgehead atoms. The van der Waals surface area contributed by atoms with Gasteiger partial charge in [-0.1, -0.05) is 259 Å². The Morgan fingerprint density at radius 2 is 0.500 bits per heavy atom. The van der Waals surface area contributed by atoms with E-state index < -0.39 is 97.5 Å². The molecule has 0 saturated heterocycles. The highest BCUT2D eigenvalue weighted by Gasteiger charge is 2.30. The van der Waals surface area contributed by atoms with Gasteiger partial charge < -0.3 is 33.8 Å². The average molecular weight is 1190 g/mol. The van der Waals surface area contributed by atoms with Crippen LogP contribution in [0.15, 0.2) is 0 Å². The zero-order chi connectivity index (χ0) is 59.1. The van der Waals surface area contributed by atoms with Crippen molar-refractivity contribution in [1.29, 1.82) is 0 Å². The van der Waals surface area contributed by atoms with Gasteiger partial charge in [-0.05, 0) is 25.7 Å². The molecule has 0 heterocycles. The number of carbonyl (C=O) groups excluding carboxylic acids is 4. The van der Waals surface area contributed by atoms with Crippen LogP contribution >= 0.6 is 15.6 Å². The molecule has 0 saturated carbocycles. The van der Waals surface area contributed by atoms with E-state index in [0.717, 1.165) is 103 Å². The van der Waals surface area contributed by atoms with Crippen molar-refractivity contribution < 1.29 is 80.2 Å². The van der Waals surface area contributed by atoms with Gasteiger partial charge in [-0.2, -0.15) is 0 Å². The number of carbonyl (C=O) groups is 4. The number of aliphatic hydroxyl groups is 1. The number of unbranched alkanes of at least 4 members (excludes halogenated alkanes) is 36. The fourth-order valence-corrected chi connectivity index (χ4v) is 10.7. The van der Waals surface area contributed by atoms with Gasteiger partial charge in [-0.3, -0.25) is 37.3 Å². The minimum atomic E-state index is -4.93. The first-order valence-corrected chi connectivity index (χ1v) is 35.3. The van der Waals surface area contributed by atoms with E-state index in [1.165, 1.54) is 128 Å². The van der Waals surface area contributed by atoms with Crippen molar-refractivity contribution >= 4 is 39.5 Å². The molecule has 17 nitrogen and oxygen atoms in total. The summed E-state index contributed by atoms with van der Waals surface area (Å²) in [6, 6.07) is 0. The average Bonchev–Trinajstić information content (AvgIpc) is 3.43. The smallest absolute Gasteiger partial charge is 0.462 e. The van der Waals surface area contributed by atoms with E-state index in [1.807, 2.05) is 0 Å². The second-order valence-corrected chi connectivity index (χ2v) is 25.0. The molecular weight excluding hydrogens is 1070 g/mol. The first kappa shape index (κ1) is 78.1. The Bertz CT molecular complexity index is 1550. The Morgan fingerprint density at radius 1 is 0.300 bits per heavy atom. The molecule has 0 aliphatic heterocycles. The third-order valence-electron chi connectivity index (χ3n) is 14.1. The highest BCUT2D eigenvalue weighted by Crippen LogP contribution is 2.45. The zero-order valence-corrected chi connectivity index (χ0v) is 52.8. The van der Waals surface area contributed by atoms with Crippen LogP contribution in [0.5, 0.6) is 0 Å². The Balaban J connectivity index is 5.15. The van der Waals surface area contributed by atoms with Crippen LogP contribution in [0, 0.1) is 0 Å². The van der Waals surface area contributed by atoms with Crippen LogP contribution in [-0.4, -0.2) is 96.7 Å². The summed E-state index contributed by atoms with van der Waals surface area (Å²) in [5.41, 5.74) is 0. The van der Waals surface area contributed by atoms with Crippen LogP contribution in [0.25, 0.3) is 0 Å². The second kappa shape index (κ2) is 56.2. The molecule has 3 N–H and O–H groups in total. The first-order chi connectivity index (χ1) is 38.7. The summed E-state index contributed by atoms with van der Waals surface area (Å²) in [4.78, 5) is 71.8. The summed E-state index contributed by atoms with van der Waals surface area (Å²) in [5.74, 6) is -2.14. The number of aliphatic hydroxyl groups excluding tert-OH is 1. The summed E-state index contributed by atoms with van der Waals surface area (Å²) in [7, 11) is -9.87.